The lowest BCUT2D eigenvalue weighted by Crippen LogP contribution is -2.29. The first-order valence-electron chi connectivity index (χ1n) is 7.57. The van der Waals surface area contributed by atoms with Crippen LogP contribution in [0.2, 0.25) is 0 Å². The van der Waals surface area contributed by atoms with Crippen LogP contribution in [0.1, 0.15) is 12.5 Å². The molecule has 1 amide bonds. The summed E-state index contributed by atoms with van der Waals surface area (Å²) in [6.07, 6.45) is 1.38. The number of rotatable bonds is 6. The maximum absolute atomic E-state index is 13.5. The van der Waals surface area contributed by atoms with Crippen molar-refractivity contribution in [2.24, 2.45) is 0 Å². The third-order valence-electron chi connectivity index (χ3n) is 3.32. The van der Waals surface area contributed by atoms with E-state index in [9.17, 15) is 14.0 Å². The van der Waals surface area contributed by atoms with Crippen LogP contribution in [-0.2, 0) is 14.3 Å². The van der Waals surface area contributed by atoms with Gasteiger partial charge in [-0.15, -0.1) is 0 Å². The fourth-order valence-corrected chi connectivity index (χ4v) is 1.95. The molecule has 5 nitrogen and oxygen atoms in total. The van der Waals surface area contributed by atoms with Gasteiger partial charge in [0.25, 0.3) is 5.91 Å². The predicted octanol–water partition coefficient (Wildman–Crippen LogP) is 3.42. The minimum absolute atomic E-state index is 0.259. The Kier molecular flexibility index (Phi) is 6.28. The van der Waals surface area contributed by atoms with Crippen molar-refractivity contribution in [2.45, 2.75) is 13.0 Å². The van der Waals surface area contributed by atoms with Crippen molar-refractivity contribution < 1.29 is 23.5 Å². The van der Waals surface area contributed by atoms with Gasteiger partial charge in [0.2, 0.25) is 0 Å². The molecule has 0 radical (unpaired) electrons. The molecule has 1 atom stereocenters. The molecule has 0 spiro atoms. The summed E-state index contributed by atoms with van der Waals surface area (Å²) >= 11 is 0. The Morgan fingerprint density at radius 3 is 2.44 bits per heavy atom. The molecule has 0 fully saturated rings. The van der Waals surface area contributed by atoms with Crippen LogP contribution in [0.15, 0.2) is 54.6 Å². The second-order valence-electron chi connectivity index (χ2n) is 5.15. The second-order valence-corrected chi connectivity index (χ2v) is 5.15. The molecule has 0 unspecified atom stereocenters. The Labute approximate surface area is 145 Å². The summed E-state index contributed by atoms with van der Waals surface area (Å²) < 4.78 is 23.5. The lowest BCUT2D eigenvalue weighted by atomic mass is 10.2. The number of hydrogen-bond donors (Lipinski definition) is 1. The van der Waals surface area contributed by atoms with Crippen LogP contribution in [0.25, 0.3) is 6.08 Å². The standard InChI is InChI=1S/C19H18FNO4/c1-13(19(23)21-15-8-10-16(24-2)11-9-15)25-18(22)12-7-14-5-3-4-6-17(14)20/h3-13H,1-2H3,(H,21,23)/b12-7+/t13-/m1/s1. The van der Waals surface area contributed by atoms with E-state index in [1.165, 1.54) is 25.1 Å². The topological polar surface area (TPSA) is 64.6 Å². The Hall–Kier alpha value is -3.15. The summed E-state index contributed by atoms with van der Waals surface area (Å²) in [5, 5.41) is 2.63. The van der Waals surface area contributed by atoms with Crippen molar-refractivity contribution in [1.82, 2.24) is 0 Å². The third kappa shape index (κ3) is 5.46. The number of ether oxygens (including phenoxy) is 2. The SMILES string of the molecule is COc1ccc(NC(=O)[C@@H](C)OC(=O)/C=C/c2ccccc2F)cc1. The first-order valence-corrected chi connectivity index (χ1v) is 7.57. The van der Waals surface area contributed by atoms with Crippen LogP contribution < -0.4 is 10.1 Å². The van der Waals surface area contributed by atoms with Crippen LogP contribution in [-0.4, -0.2) is 25.1 Å². The molecular weight excluding hydrogens is 325 g/mol. The molecule has 6 heteroatoms. The molecule has 25 heavy (non-hydrogen) atoms. The maximum atomic E-state index is 13.5. The summed E-state index contributed by atoms with van der Waals surface area (Å²) in [6.45, 7) is 1.45. The minimum Gasteiger partial charge on any atom is -0.497 e. The van der Waals surface area contributed by atoms with E-state index in [4.69, 9.17) is 9.47 Å². The fourth-order valence-electron chi connectivity index (χ4n) is 1.95. The molecule has 0 saturated carbocycles. The van der Waals surface area contributed by atoms with Crippen molar-refractivity contribution in [3.63, 3.8) is 0 Å². The van der Waals surface area contributed by atoms with Crippen molar-refractivity contribution >= 4 is 23.6 Å². The number of benzene rings is 2. The van der Waals surface area contributed by atoms with E-state index in [1.54, 1.807) is 43.5 Å². The molecule has 2 rings (SSSR count). The van der Waals surface area contributed by atoms with Crippen LogP contribution >= 0.6 is 0 Å². The van der Waals surface area contributed by atoms with Gasteiger partial charge in [-0.1, -0.05) is 18.2 Å². The Morgan fingerprint density at radius 2 is 1.80 bits per heavy atom. The lowest BCUT2D eigenvalue weighted by molar-refractivity contribution is -0.148. The number of carbonyl (C=O) groups excluding carboxylic acids is 2. The number of halogens is 1. The zero-order chi connectivity index (χ0) is 18.2. The van der Waals surface area contributed by atoms with Crippen molar-refractivity contribution in [3.8, 4) is 5.75 Å². The highest BCUT2D eigenvalue weighted by molar-refractivity contribution is 5.96. The summed E-state index contributed by atoms with van der Waals surface area (Å²) in [5.74, 6) is -0.994. The normalized spacial score (nSPS) is 11.8. The monoisotopic (exact) mass is 343 g/mol. The molecule has 0 bridgehead atoms. The van der Waals surface area contributed by atoms with Gasteiger partial charge in [0.1, 0.15) is 11.6 Å². The molecule has 1 N–H and O–H groups in total. The number of anilines is 1. The number of amides is 1. The fraction of sp³-hybridized carbons (Fsp3) is 0.158. The average Bonchev–Trinajstić information content (AvgIpc) is 2.61. The van der Waals surface area contributed by atoms with Crippen LogP contribution in [0.5, 0.6) is 5.75 Å². The molecule has 2 aromatic carbocycles. The number of methoxy groups -OCH3 is 1. The predicted molar refractivity (Wildman–Crippen MR) is 92.6 cm³/mol. The molecule has 0 saturated heterocycles. The average molecular weight is 343 g/mol. The van der Waals surface area contributed by atoms with Gasteiger partial charge >= 0.3 is 5.97 Å². The largest absolute Gasteiger partial charge is 0.497 e. The van der Waals surface area contributed by atoms with Crippen molar-refractivity contribution in [1.29, 1.82) is 0 Å². The van der Waals surface area contributed by atoms with Gasteiger partial charge in [0.15, 0.2) is 6.10 Å². The Morgan fingerprint density at radius 1 is 1.12 bits per heavy atom. The minimum atomic E-state index is -1.00. The van der Waals surface area contributed by atoms with E-state index in [2.05, 4.69) is 5.32 Å². The van der Waals surface area contributed by atoms with Gasteiger partial charge in [-0.05, 0) is 43.3 Å². The zero-order valence-electron chi connectivity index (χ0n) is 13.9. The molecule has 130 valence electrons. The van der Waals surface area contributed by atoms with E-state index >= 15 is 0 Å². The molecule has 2 aromatic rings. The lowest BCUT2D eigenvalue weighted by Gasteiger charge is -2.12. The first kappa shape index (κ1) is 18.2. The van der Waals surface area contributed by atoms with Gasteiger partial charge in [-0.2, -0.15) is 0 Å². The highest BCUT2D eigenvalue weighted by atomic mass is 19.1. The summed E-state index contributed by atoms with van der Waals surface area (Å²) in [5.41, 5.74) is 0.811. The molecule has 0 aliphatic heterocycles. The zero-order valence-corrected chi connectivity index (χ0v) is 13.9. The van der Waals surface area contributed by atoms with Crippen LogP contribution in [0, 0.1) is 5.82 Å². The number of carbonyl (C=O) groups is 2. The molecular formula is C19H18FNO4. The van der Waals surface area contributed by atoms with Gasteiger partial charge in [-0.25, -0.2) is 9.18 Å². The van der Waals surface area contributed by atoms with Crippen molar-refractivity contribution in [3.05, 3.63) is 66.0 Å². The molecule has 0 aromatic heterocycles. The van der Waals surface area contributed by atoms with Crippen LogP contribution in [0.4, 0.5) is 10.1 Å². The van der Waals surface area contributed by atoms with E-state index in [0.29, 0.717) is 11.4 Å². The first-order chi connectivity index (χ1) is 12.0. The van der Waals surface area contributed by atoms with Gasteiger partial charge in [0.05, 0.1) is 7.11 Å². The van der Waals surface area contributed by atoms with Crippen molar-refractivity contribution in [2.75, 3.05) is 12.4 Å². The number of hydrogen-bond acceptors (Lipinski definition) is 4. The Bertz CT molecular complexity index is 771. The van der Waals surface area contributed by atoms with Gasteiger partial charge in [0, 0.05) is 17.3 Å². The molecule has 0 aliphatic rings. The maximum Gasteiger partial charge on any atom is 0.331 e. The third-order valence-corrected chi connectivity index (χ3v) is 3.32. The van der Waals surface area contributed by atoms with Gasteiger partial charge in [-0.3, -0.25) is 4.79 Å². The summed E-state index contributed by atoms with van der Waals surface area (Å²) in [4.78, 5) is 23.8. The molecule has 0 aliphatic carbocycles. The Balaban J connectivity index is 1.89. The highest BCUT2D eigenvalue weighted by Crippen LogP contribution is 2.15. The molecule has 0 heterocycles. The highest BCUT2D eigenvalue weighted by Gasteiger charge is 2.16. The van der Waals surface area contributed by atoms with E-state index in [1.807, 2.05) is 0 Å². The number of esters is 1. The summed E-state index contributed by atoms with van der Waals surface area (Å²) in [6, 6.07) is 12.8. The van der Waals surface area contributed by atoms with E-state index < -0.39 is 23.8 Å². The van der Waals surface area contributed by atoms with E-state index in [0.717, 1.165) is 6.08 Å². The van der Waals surface area contributed by atoms with Crippen LogP contribution in [0.3, 0.4) is 0 Å². The smallest absolute Gasteiger partial charge is 0.331 e. The summed E-state index contributed by atoms with van der Waals surface area (Å²) in [7, 11) is 1.55. The quantitative estimate of drug-likeness (QED) is 0.645. The second kappa shape index (κ2) is 8.63. The van der Waals surface area contributed by atoms with E-state index in [-0.39, 0.29) is 5.56 Å². The van der Waals surface area contributed by atoms with Gasteiger partial charge < -0.3 is 14.8 Å². The number of nitrogens with one attached hydrogen (secondary N) is 1.